The number of anilines is 1. The van der Waals surface area contributed by atoms with Crippen molar-refractivity contribution < 1.29 is 18.7 Å². The van der Waals surface area contributed by atoms with E-state index in [1.807, 2.05) is 36.4 Å². The number of hydrogen-bond donors (Lipinski definition) is 2. The Labute approximate surface area is 244 Å². The third-order valence-electron chi connectivity index (χ3n) is 6.28. The molecule has 4 rings (SSSR count). The van der Waals surface area contributed by atoms with Crippen molar-refractivity contribution in [2.75, 3.05) is 25.1 Å². The number of hydrazone groups is 1. The Morgan fingerprint density at radius 1 is 0.976 bits per heavy atom. The molecule has 41 heavy (non-hydrogen) atoms. The van der Waals surface area contributed by atoms with E-state index in [4.69, 9.17) is 20.8 Å². The molecule has 2 amide bonds. The summed E-state index contributed by atoms with van der Waals surface area (Å²) < 4.78 is 11.0. The summed E-state index contributed by atoms with van der Waals surface area (Å²) in [5, 5.41) is 7.20. The topological polar surface area (TPSA) is 96.2 Å². The lowest BCUT2D eigenvalue weighted by molar-refractivity contribution is -0.117. The van der Waals surface area contributed by atoms with E-state index in [2.05, 4.69) is 34.6 Å². The summed E-state index contributed by atoms with van der Waals surface area (Å²) in [4.78, 5) is 28.2. The van der Waals surface area contributed by atoms with Gasteiger partial charge >= 0.3 is 0 Å². The van der Waals surface area contributed by atoms with Crippen molar-refractivity contribution in [3.8, 4) is 17.1 Å². The lowest BCUT2D eigenvalue weighted by Gasteiger charge is -2.20. The average Bonchev–Trinajstić information content (AvgIpc) is 3.47. The van der Waals surface area contributed by atoms with E-state index in [1.54, 1.807) is 61.7 Å². The van der Waals surface area contributed by atoms with Crippen LogP contribution in [0.25, 0.3) is 17.4 Å². The summed E-state index contributed by atoms with van der Waals surface area (Å²) in [5.74, 6) is 0.551. The molecule has 0 bridgehead atoms. The summed E-state index contributed by atoms with van der Waals surface area (Å²) in [6.45, 7) is 5.96. The van der Waals surface area contributed by atoms with Gasteiger partial charge in [0.05, 0.1) is 18.3 Å². The molecule has 1 heterocycles. The van der Waals surface area contributed by atoms with Gasteiger partial charge in [0.2, 0.25) is 0 Å². The van der Waals surface area contributed by atoms with Crippen LogP contribution in [0.2, 0.25) is 5.02 Å². The van der Waals surface area contributed by atoms with E-state index in [0.29, 0.717) is 27.9 Å². The van der Waals surface area contributed by atoms with Gasteiger partial charge in [-0.1, -0.05) is 41.9 Å². The van der Waals surface area contributed by atoms with Gasteiger partial charge < -0.3 is 19.4 Å². The van der Waals surface area contributed by atoms with Gasteiger partial charge in [-0.05, 0) is 80.1 Å². The molecule has 3 aromatic carbocycles. The number of ether oxygens (including phenoxy) is 1. The van der Waals surface area contributed by atoms with Crippen molar-refractivity contribution in [2.45, 2.75) is 13.8 Å². The first-order valence-corrected chi connectivity index (χ1v) is 13.5. The molecule has 0 saturated carbocycles. The third kappa shape index (κ3) is 7.64. The van der Waals surface area contributed by atoms with Gasteiger partial charge in [-0.15, -0.1) is 0 Å². The molecule has 0 aliphatic carbocycles. The van der Waals surface area contributed by atoms with Crippen molar-refractivity contribution >= 4 is 41.4 Å². The third-order valence-corrected chi connectivity index (χ3v) is 6.58. The maximum Gasteiger partial charge on any atom is 0.287 e. The van der Waals surface area contributed by atoms with Crippen LogP contribution < -0.4 is 20.4 Å². The molecule has 210 valence electrons. The summed E-state index contributed by atoms with van der Waals surface area (Å²) in [6, 6.07) is 25.2. The van der Waals surface area contributed by atoms with Crippen molar-refractivity contribution in [2.24, 2.45) is 5.10 Å². The number of amides is 2. The van der Waals surface area contributed by atoms with E-state index in [-0.39, 0.29) is 5.70 Å². The second-order valence-corrected chi connectivity index (χ2v) is 9.30. The smallest absolute Gasteiger partial charge is 0.287 e. The highest BCUT2D eigenvalue weighted by molar-refractivity contribution is 6.32. The van der Waals surface area contributed by atoms with Gasteiger partial charge in [0, 0.05) is 29.9 Å². The van der Waals surface area contributed by atoms with Crippen LogP contribution in [0.1, 0.15) is 35.5 Å². The molecule has 8 nitrogen and oxygen atoms in total. The second-order valence-electron chi connectivity index (χ2n) is 8.89. The molecule has 9 heteroatoms. The number of methoxy groups -OCH3 is 1. The van der Waals surface area contributed by atoms with Crippen molar-refractivity contribution in [3.05, 3.63) is 113 Å². The number of benzene rings is 3. The minimum Gasteiger partial charge on any atom is -0.495 e. The molecule has 0 atom stereocenters. The van der Waals surface area contributed by atoms with Crippen molar-refractivity contribution in [1.29, 1.82) is 0 Å². The predicted octanol–water partition coefficient (Wildman–Crippen LogP) is 6.38. The van der Waals surface area contributed by atoms with E-state index in [9.17, 15) is 9.59 Å². The van der Waals surface area contributed by atoms with E-state index in [0.717, 1.165) is 29.9 Å². The van der Waals surface area contributed by atoms with Gasteiger partial charge in [-0.2, -0.15) is 5.10 Å². The number of carbonyl (C=O) groups excluding carboxylic acids is 2. The Morgan fingerprint density at radius 2 is 1.71 bits per heavy atom. The summed E-state index contributed by atoms with van der Waals surface area (Å²) >= 11 is 6.22. The number of rotatable bonds is 11. The van der Waals surface area contributed by atoms with Crippen LogP contribution >= 0.6 is 11.6 Å². The number of nitrogens with zero attached hydrogens (tertiary/aromatic N) is 2. The number of furan rings is 1. The minimum absolute atomic E-state index is 0.0413. The normalized spacial score (nSPS) is 11.4. The standard InChI is InChI=1S/C32H31ClN4O4/c1-4-37(5-2)25-14-11-22(12-15-25)19-28(35-31(38)23-9-7-6-8-10-23)32(39)36-34-21-26-16-18-29(41-26)24-13-17-30(40-3)27(33)20-24/h6-21H,4-5H2,1-3H3,(H,35,38)(H,36,39)/b28-19+,34-21+. The first kappa shape index (κ1) is 29.2. The molecule has 0 unspecified atom stereocenters. The molecule has 1 aromatic heterocycles. The Balaban J connectivity index is 1.51. The first-order chi connectivity index (χ1) is 19.9. The number of hydrogen-bond acceptors (Lipinski definition) is 6. The van der Waals surface area contributed by atoms with Crippen molar-refractivity contribution in [1.82, 2.24) is 10.7 Å². The summed E-state index contributed by atoms with van der Waals surface area (Å²) in [5.41, 5.74) is 5.52. The summed E-state index contributed by atoms with van der Waals surface area (Å²) in [6.07, 6.45) is 2.98. The highest BCUT2D eigenvalue weighted by atomic mass is 35.5. The van der Waals surface area contributed by atoms with Gasteiger partial charge in [0.25, 0.3) is 11.8 Å². The highest BCUT2D eigenvalue weighted by Crippen LogP contribution is 2.30. The monoisotopic (exact) mass is 570 g/mol. The molecule has 0 aliphatic heterocycles. The zero-order valence-corrected chi connectivity index (χ0v) is 23.8. The zero-order valence-electron chi connectivity index (χ0n) is 23.1. The van der Waals surface area contributed by atoms with Crippen molar-refractivity contribution in [3.63, 3.8) is 0 Å². The lowest BCUT2D eigenvalue weighted by atomic mass is 10.1. The maximum atomic E-state index is 13.1. The molecule has 0 aliphatic rings. The summed E-state index contributed by atoms with van der Waals surface area (Å²) in [7, 11) is 1.55. The fraction of sp³-hybridized carbons (Fsp3) is 0.156. The largest absolute Gasteiger partial charge is 0.495 e. The van der Waals surface area contributed by atoms with Crippen LogP contribution in [0.4, 0.5) is 5.69 Å². The SMILES string of the molecule is CCN(CC)c1ccc(/C=C(/NC(=O)c2ccccc2)C(=O)N/N=C/c2ccc(-c3ccc(OC)c(Cl)c3)o2)cc1. The van der Waals surface area contributed by atoms with E-state index >= 15 is 0 Å². The van der Waals surface area contributed by atoms with Crippen LogP contribution in [-0.4, -0.2) is 38.2 Å². The predicted molar refractivity (Wildman–Crippen MR) is 163 cm³/mol. The number of carbonyl (C=O) groups is 2. The Morgan fingerprint density at radius 3 is 2.37 bits per heavy atom. The molecule has 2 N–H and O–H groups in total. The van der Waals surface area contributed by atoms with E-state index < -0.39 is 11.8 Å². The van der Waals surface area contributed by atoms with Crippen LogP contribution in [0, 0.1) is 0 Å². The molecule has 0 spiro atoms. The highest BCUT2D eigenvalue weighted by Gasteiger charge is 2.15. The van der Waals surface area contributed by atoms with Crippen LogP contribution in [0.5, 0.6) is 5.75 Å². The minimum atomic E-state index is -0.591. The van der Waals surface area contributed by atoms with Gasteiger partial charge in [-0.25, -0.2) is 5.43 Å². The average molecular weight is 571 g/mol. The number of nitrogens with one attached hydrogen (secondary N) is 2. The first-order valence-electron chi connectivity index (χ1n) is 13.1. The molecule has 0 radical (unpaired) electrons. The van der Waals surface area contributed by atoms with Gasteiger partial charge in [0.15, 0.2) is 0 Å². The van der Waals surface area contributed by atoms with Crippen LogP contribution in [-0.2, 0) is 4.79 Å². The fourth-order valence-electron chi connectivity index (χ4n) is 4.09. The Bertz CT molecular complexity index is 1540. The molecular formula is C32H31ClN4O4. The maximum absolute atomic E-state index is 13.1. The number of halogens is 1. The molecule has 0 fully saturated rings. The van der Waals surface area contributed by atoms with Gasteiger partial charge in [0.1, 0.15) is 23.0 Å². The Hall–Kier alpha value is -4.82. The molecule has 4 aromatic rings. The zero-order chi connectivity index (χ0) is 29.2. The van der Waals surface area contributed by atoms with Gasteiger partial charge in [-0.3, -0.25) is 9.59 Å². The van der Waals surface area contributed by atoms with E-state index in [1.165, 1.54) is 6.21 Å². The molecule has 0 saturated heterocycles. The van der Waals surface area contributed by atoms with Crippen LogP contribution in [0.15, 0.2) is 100 Å². The molecular weight excluding hydrogens is 540 g/mol. The quantitative estimate of drug-likeness (QED) is 0.124. The second kappa shape index (κ2) is 14.0. The fourth-order valence-corrected chi connectivity index (χ4v) is 4.35. The van der Waals surface area contributed by atoms with Crippen LogP contribution in [0.3, 0.4) is 0 Å². The lowest BCUT2D eigenvalue weighted by Crippen LogP contribution is -2.32. The Kier molecular flexibility index (Phi) is 9.96.